The lowest BCUT2D eigenvalue weighted by molar-refractivity contribution is -0.144. The number of carboxylic acid groups (broad SMARTS) is 1. The number of H-pyrrole nitrogens is 1. The first-order valence-corrected chi connectivity index (χ1v) is 6.05. The van der Waals surface area contributed by atoms with Gasteiger partial charge in [0, 0.05) is 12.2 Å². The lowest BCUT2D eigenvalue weighted by Crippen LogP contribution is -2.49. The fourth-order valence-electron chi connectivity index (χ4n) is 2.29. The van der Waals surface area contributed by atoms with Gasteiger partial charge in [-0.1, -0.05) is 6.92 Å². The number of amides is 1. The van der Waals surface area contributed by atoms with Crippen molar-refractivity contribution in [1.82, 2.24) is 15.1 Å². The van der Waals surface area contributed by atoms with Crippen molar-refractivity contribution in [2.75, 3.05) is 6.54 Å². The average molecular weight is 251 g/mol. The van der Waals surface area contributed by atoms with Crippen molar-refractivity contribution in [2.24, 2.45) is 5.92 Å². The van der Waals surface area contributed by atoms with Crippen LogP contribution in [-0.4, -0.2) is 44.7 Å². The standard InChI is InChI=1S/C12H17N3O3/c1-7-3-4-15(10(5-7)12(17)18)11(16)9-6-8(2)13-14-9/h6-7,10H,3-5H2,1-2H3,(H,13,14)(H,17,18). The first-order chi connectivity index (χ1) is 8.49. The number of carboxylic acids is 1. The van der Waals surface area contributed by atoms with E-state index in [0.29, 0.717) is 18.9 Å². The number of rotatable bonds is 2. The van der Waals surface area contributed by atoms with Crippen molar-refractivity contribution in [2.45, 2.75) is 32.7 Å². The number of carbonyl (C=O) groups excluding carboxylic acids is 1. The van der Waals surface area contributed by atoms with Crippen molar-refractivity contribution in [3.8, 4) is 0 Å². The monoisotopic (exact) mass is 251 g/mol. The second-order valence-corrected chi connectivity index (χ2v) is 4.92. The van der Waals surface area contributed by atoms with Gasteiger partial charge in [0.15, 0.2) is 0 Å². The zero-order valence-corrected chi connectivity index (χ0v) is 10.5. The molecule has 2 rings (SSSR count). The predicted molar refractivity (Wildman–Crippen MR) is 64.2 cm³/mol. The van der Waals surface area contributed by atoms with Gasteiger partial charge in [-0.2, -0.15) is 5.10 Å². The summed E-state index contributed by atoms with van der Waals surface area (Å²) in [5.41, 5.74) is 1.07. The number of aliphatic carboxylic acids is 1. The zero-order chi connectivity index (χ0) is 13.3. The highest BCUT2D eigenvalue weighted by molar-refractivity contribution is 5.95. The molecule has 1 aromatic heterocycles. The zero-order valence-electron chi connectivity index (χ0n) is 10.5. The van der Waals surface area contributed by atoms with Crippen LogP contribution >= 0.6 is 0 Å². The summed E-state index contributed by atoms with van der Waals surface area (Å²) in [6.07, 6.45) is 1.34. The van der Waals surface area contributed by atoms with Crippen LogP contribution in [0.4, 0.5) is 0 Å². The highest BCUT2D eigenvalue weighted by atomic mass is 16.4. The third-order valence-electron chi connectivity index (χ3n) is 3.34. The molecule has 1 aliphatic rings. The van der Waals surface area contributed by atoms with Crippen LogP contribution in [0.2, 0.25) is 0 Å². The van der Waals surface area contributed by atoms with Gasteiger partial charge in [0.1, 0.15) is 11.7 Å². The van der Waals surface area contributed by atoms with Gasteiger partial charge in [0.2, 0.25) is 0 Å². The average Bonchev–Trinajstić information content (AvgIpc) is 2.75. The maximum Gasteiger partial charge on any atom is 0.326 e. The Morgan fingerprint density at radius 2 is 2.28 bits per heavy atom. The molecule has 18 heavy (non-hydrogen) atoms. The minimum atomic E-state index is -0.942. The Morgan fingerprint density at radius 3 is 2.83 bits per heavy atom. The molecule has 0 radical (unpaired) electrons. The molecule has 0 aromatic carbocycles. The van der Waals surface area contributed by atoms with Crippen LogP contribution in [-0.2, 0) is 4.79 Å². The smallest absolute Gasteiger partial charge is 0.326 e. The van der Waals surface area contributed by atoms with Crippen LogP contribution in [0.3, 0.4) is 0 Å². The third kappa shape index (κ3) is 2.37. The number of hydrogen-bond donors (Lipinski definition) is 2. The highest BCUT2D eigenvalue weighted by Gasteiger charge is 2.35. The molecule has 0 aliphatic carbocycles. The van der Waals surface area contributed by atoms with Crippen LogP contribution in [0.25, 0.3) is 0 Å². The topological polar surface area (TPSA) is 86.3 Å². The van der Waals surface area contributed by atoms with Crippen molar-refractivity contribution in [1.29, 1.82) is 0 Å². The summed E-state index contributed by atoms with van der Waals surface area (Å²) in [4.78, 5) is 24.9. The van der Waals surface area contributed by atoms with Crippen LogP contribution in [0, 0.1) is 12.8 Å². The molecule has 6 heteroatoms. The normalized spacial score (nSPS) is 24.0. The molecule has 0 spiro atoms. The summed E-state index contributed by atoms with van der Waals surface area (Å²) in [7, 11) is 0. The first-order valence-electron chi connectivity index (χ1n) is 6.05. The Balaban J connectivity index is 2.20. The summed E-state index contributed by atoms with van der Waals surface area (Å²) in [6, 6.07) is 0.900. The Morgan fingerprint density at radius 1 is 1.56 bits per heavy atom. The molecule has 0 saturated carbocycles. The number of aromatic nitrogens is 2. The van der Waals surface area contributed by atoms with Gasteiger partial charge < -0.3 is 10.0 Å². The summed E-state index contributed by atoms with van der Waals surface area (Å²) < 4.78 is 0. The van der Waals surface area contributed by atoms with Gasteiger partial charge in [0.05, 0.1) is 0 Å². The predicted octanol–water partition coefficient (Wildman–Crippen LogP) is 1.04. The van der Waals surface area contributed by atoms with E-state index in [1.54, 1.807) is 13.0 Å². The summed E-state index contributed by atoms with van der Waals surface area (Å²) >= 11 is 0. The molecule has 98 valence electrons. The van der Waals surface area contributed by atoms with E-state index < -0.39 is 12.0 Å². The van der Waals surface area contributed by atoms with Crippen LogP contribution in [0.15, 0.2) is 6.07 Å². The maximum absolute atomic E-state index is 12.2. The number of carbonyl (C=O) groups is 2. The van der Waals surface area contributed by atoms with E-state index in [-0.39, 0.29) is 11.6 Å². The summed E-state index contributed by atoms with van der Waals surface area (Å²) in [5, 5.41) is 15.8. The van der Waals surface area contributed by atoms with Crippen molar-refractivity contribution in [3.05, 3.63) is 17.5 Å². The van der Waals surface area contributed by atoms with Gasteiger partial charge in [-0.15, -0.1) is 0 Å². The number of aryl methyl sites for hydroxylation is 1. The first kappa shape index (κ1) is 12.6. The van der Waals surface area contributed by atoms with Crippen LogP contribution in [0.1, 0.15) is 35.9 Å². The second kappa shape index (κ2) is 4.80. The van der Waals surface area contributed by atoms with Crippen LogP contribution in [0.5, 0.6) is 0 Å². The van der Waals surface area contributed by atoms with Crippen molar-refractivity contribution >= 4 is 11.9 Å². The molecule has 1 fully saturated rings. The van der Waals surface area contributed by atoms with E-state index >= 15 is 0 Å². The van der Waals surface area contributed by atoms with E-state index in [9.17, 15) is 14.7 Å². The van der Waals surface area contributed by atoms with Crippen molar-refractivity contribution in [3.63, 3.8) is 0 Å². The Hall–Kier alpha value is -1.85. The SMILES string of the molecule is Cc1cc(C(=O)N2CCC(C)CC2C(=O)O)n[nH]1. The fourth-order valence-corrected chi connectivity index (χ4v) is 2.29. The van der Waals surface area contributed by atoms with E-state index in [2.05, 4.69) is 10.2 Å². The number of piperidine rings is 1. The van der Waals surface area contributed by atoms with E-state index in [0.717, 1.165) is 12.1 Å². The highest BCUT2D eigenvalue weighted by Crippen LogP contribution is 2.24. The number of hydrogen-bond acceptors (Lipinski definition) is 3. The van der Waals surface area contributed by atoms with Gasteiger partial charge in [0.25, 0.3) is 5.91 Å². The lowest BCUT2D eigenvalue weighted by atomic mass is 9.92. The molecular weight excluding hydrogens is 234 g/mol. The maximum atomic E-state index is 12.2. The fraction of sp³-hybridized carbons (Fsp3) is 0.583. The van der Waals surface area contributed by atoms with Gasteiger partial charge in [-0.25, -0.2) is 4.79 Å². The van der Waals surface area contributed by atoms with Gasteiger partial charge >= 0.3 is 5.97 Å². The lowest BCUT2D eigenvalue weighted by Gasteiger charge is -2.35. The summed E-state index contributed by atoms with van der Waals surface area (Å²) in [6.45, 7) is 4.29. The quantitative estimate of drug-likeness (QED) is 0.822. The molecule has 1 aliphatic heterocycles. The number of nitrogens with one attached hydrogen (secondary N) is 1. The van der Waals surface area contributed by atoms with E-state index in [4.69, 9.17) is 0 Å². The molecule has 1 aromatic rings. The molecule has 1 saturated heterocycles. The van der Waals surface area contributed by atoms with E-state index in [1.807, 2.05) is 6.92 Å². The molecule has 2 unspecified atom stereocenters. The number of aromatic amines is 1. The molecule has 2 atom stereocenters. The van der Waals surface area contributed by atoms with E-state index in [1.165, 1.54) is 4.90 Å². The van der Waals surface area contributed by atoms with Crippen LogP contribution < -0.4 is 0 Å². The minimum absolute atomic E-state index is 0.285. The van der Waals surface area contributed by atoms with Crippen molar-refractivity contribution < 1.29 is 14.7 Å². The summed E-state index contributed by atoms with van der Waals surface area (Å²) in [5.74, 6) is -0.920. The number of likely N-dealkylation sites (tertiary alicyclic amines) is 1. The Bertz CT molecular complexity index is 469. The molecule has 2 heterocycles. The van der Waals surface area contributed by atoms with Gasteiger partial charge in [-0.3, -0.25) is 9.89 Å². The largest absolute Gasteiger partial charge is 0.480 e. The molecule has 1 amide bonds. The molecule has 2 N–H and O–H groups in total. The molecule has 0 bridgehead atoms. The Labute approximate surface area is 105 Å². The minimum Gasteiger partial charge on any atom is -0.480 e. The third-order valence-corrected chi connectivity index (χ3v) is 3.34. The molecular formula is C12H17N3O3. The second-order valence-electron chi connectivity index (χ2n) is 4.92. The van der Waals surface area contributed by atoms with Gasteiger partial charge in [-0.05, 0) is 31.7 Å². The number of nitrogens with zero attached hydrogens (tertiary/aromatic N) is 2. The Kier molecular flexibility index (Phi) is 3.36. The molecule has 6 nitrogen and oxygen atoms in total.